The third kappa shape index (κ3) is 3.11. The quantitative estimate of drug-likeness (QED) is 0.192. The average Bonchev–Trinajstić information content (AvgIpc) is 3.85. The van der Waals surface area contributed by atoms with Crippen LogP contribution in [0.5, 0.6) is 0 Å². The summed E-state index contributed by atoms with van der Waals surface area (Å²) in [6.07, 6.45) is 0. The topological polar surface area (TPSA) is 23.0 Å². The molecule has 11 rings (SSSR count). The van der Waals surface area contributed by atoms with Crippen LogP contribution in [0.15, 0.2) is 150 Å². The molecular formula is C42H24N2OS. The minimum absolute atomic E-state index is 0.906. The van der Waals surface area contributed by atoms with E-state index in [0.29, 0.717) is 0 Å². The maximum Gasteiger partial charge on any atom is 0.135 e. The van der Waals surface area contributed by atoms with Crippen LogP contribution < -0.4 is 0 Å². The van der Waals surface area contributed by atoms with Crippen molar-refractivity contribution in [2.45, 2.75) is 0 Å². The Morgan fingerprint density at radius 1 is 0.435 bits per heavy atom. The van der Waals surface area contributed by atoms with Crippen molar-refractivity contribution in [3.63, 3.8) is 0 Å². The highest BCUT2D eigenvalue weighted by atomic mass is 32.1. The monoisotopic (exact) mass is 604 g/mol. The Morgan fingerprint density at radius 3 is 2.02 bits per heavy atom. The molecule has 4 heterocycles. The van der Waals surface area contributed by atoms with E-state index in [4.69, 9.17) is 4.42 Å². The molecule has 7 aromatic carbocycles. The normalized spacial score (nSPS) is 12.3. The lowest BCUT2D eigenvalue weighted by atomic mass is 10.1. The van der Waals surface area contributed by atoms with Gasteiger partial charge in [0.05, 0.1) is 32.5 Å². The second-order valence-electron chi connectivity index (χ2n) is 12.1. The van der Waals surface area contributed by atoms with Crippen molar-refractivity contribution in [3.8, 4) is 11.4 Å². The first kappa shape index (κ1) is 24.5. The van der Waals surface area contributed by atoms with E-state index in [9.17, 15) is 0 Å². The van der Waals surface area contributed by atoms with Crippen molar-refractivity contribution >= 4 is 97.1 Å². The molecule has 46 heavy (non-hydrogen) atoms. The van der Waals surface area contributed by atoms with E-state index in [1.54, 1.807) is 0 Å². The van der Waals surface area contributed by atoms with Gasteiger partial charge in [-0.2, -0.15) is 0 Å². The van der Waals surface area contributed by atoms with E-state index < -0.39 is 0 Å². The van der Waals surface area contributed by atoms with Gasteiger partial charge in [-0.25, -0.2) is 0 Å². The molecule has 3 nitrogen and oxygen atoms in total. The first-order valence-electron chi connectivity index (χ1n) is 15.6. The summed E-state index contributed by atoms with van der Waals surface area (Å²) in [5.41, 5.74) is 9.01. The molecule has 214 valence electrons. The van der Waals surface area contributed by atoms with Crippen molar-refractivity contribution in [1.82, 2.24) is 9.13 Å². The van der Waals surface area contributed by atoms with E-state index in [2.05, 4.69) is 143 Å². The lowest BCUT2D eigenvalue weighted by molar-refractivity contribution is 0.669. The molecule has 0 saturated heterocycles. The molecule has 0 aliphatic carbocycles. The van der Waals surface area contributed by atoms with E-state index in [0.717, 1.165) is 27.6 Å². The molecule has 0 amide bonds. The summed E-state index contributed by atoms with van der Waals surface area (Å²) in [6.45, 7) is 0. The van der Waals surface area contributed by atoms with Gasteiger partial charge in [0.2, 0.25) is 0 Å². The molecule has 0 saturated carbocycles. The van der Waals surface area contributed by atoms with Gasteiger partial charge in [0, 0.05) is 53.5 Å². The van der Waals surface area contributed by atoms with Gasteiger partial charge in [-0.15, -0.1) is 11.3 Å². The fourth-order valence-corrected chi connectivity index (χ4v) is 9.00. The number of nitrogens with zero attached hydrogens (tertiary/aromatic N) is 2. The summed E-state index contributed by atoms with van der Waals surface area (Å²) >= 11 is 1.88. The van der Waals surface area contributed by atoms with E-state index in [1.807, 2.05) is 23.5 Å². The predicted molar refractivity (Wildman–Crippen MR) is 195 cm³/mol. The molecule has 0 N–H and O–H groups in total. The Bertz CT molecular complexity index is 3040. The third-order valence-electron chi connectivity index (χ3n) is 9.71. The number of benzene rings is 7. The Kier molecular flexibility index (Phi) is 4.72. The Balaban J connectivity index is 1.31. The molecule has 0 spiro atoms. The fourth-order valence-electron chi connectivity index (χ4n) is 7.80. The second-order valence-corrected chi connectivity index (χ2v) is 13.1. The maximum absolute atomic E-state index is 6.23. The van der Waals surface area contributed by atoms with Gasteiger partial charge in [-0.05, 0) is 54.6 Å². The summed E-state index contributed by atoms with van der Waals surface area (Å²) in [6, 6.07) is 52.7. The molecule has 0 unspecified atom stereocenters. The molecule has 11 aromatic rings. The van der Waals surface area contributed by atoms with Crippen molar-refractivity contribution in [2.24, 2.45) is 0 Å². The molecule has 0 aliphatic heterocycles. The van der Waals surface area contributed by atoms with Crippen LogP contribution in [0.1, 0.15) is 0 Å². The summed E-state index contributed by atoms with van der Waals surface area (Å²) < 4.78 is 13.8. The Morgan fingerprint density at radius 2 is 1.13 bits per heavy atom. The van der Waals surface area contributed by atoms with Crippen molar-refractivity contribution < 1.29 is 4.42 Å². The number of hydrogen-bond donors (Lipinski definition) is 0. The molecule has 0 radical (unpaired) electrons. The highest BCUT2D eigenvalue weighted by molar-refractivity contribution is 7.26. The SMILES string of the molecule is c1ccc2c(c1)oc1ccc(-n3c4ccccc4c4ccc5c(c6ccccc6n5-c5cccc6c5sc5ccccc56)c43)cc12. The van der Waals surface area contributed by atoms with Gasteiger partial charge in [0.1, 0.15) is 11.2 Å². The zero-order valence-corrected chi connectivity index (χ0v) is 25.4. The fraction of sp³-hybridized carbons (Fsp3) is 0. The van der Waals surface area contributed by atoms with Crippen molar-refractivity contribution in [2.75, 3.05) is 0 Å². The Labute approximate surface area is 266 Å². The summed E-state index contributed by atoms with van der Waals surface area (Å²) in [5, 5.41) is 9.90. The van der Waals surface area contributed by atoms with E-state index >= 15 is 0 Å². The zero-order chi connectivity index (χ0) is 29.9. The number of hydrogen-bond acceptors (Lipinski definition) is 2. The molecule has 0 aliphatic rings. The number of furan rings is 1. The van der Waals surface area contributed by atoms with Crippen LogP contribution in [0, 0.1) is 0 Å². The highest BCUT2D eigenvalue weighted by Gasteiger charge is 2.22. The van der Waals surface area contributed by atoms with Gasteiger partial charge in [-0.1, -0.05) is 91.0 Å². The zero-order valence-electron chi connectivity index (χ0n) is 24.6. The van der Waals surface area contributed by atoms with Gasteiger partial charge in [0.25, 0.3) is 0 Å². The predicted octanol–water partition coefficient (Wildman–Crippen LogP) is 12.1. The number of para-hydroxylation sites is 3. The van der Waals surface area contributed by atoms with Crippen LogP contribution >= 0.6 is 11.3 Å². The number of thiophene rings is 1. The van der Waals surface area contributed by atoms with Gasteiger partial charge in [-0.3, -0.25) is 0 Å². The Hall–Kier alpha value is -5.84. The largest absolute Gasteiger partial charge is 0.456 e. The minimum Gasteiger partial charge on any atom is -0.456 e. The van der Waals surface area contributed by atoms with Gasteiger partial charge in [0.15, 0.2) is 0 Å². The van der Waals surface area contributed by atoms with Crippen LogP contribution in [0.3, 0.4) is 0 Å². The maximum atomic E-state index is 6.23. The van der Waals surface area contributed by atoms with E-state index in [-0.39, 0.29) is 0 Å². The van der Waals surface area contributed by atoms with Crippen LogP contribution in [0.25, 0.3) is 97.1 Å². The smallest absolute Gasteiger partial charge is 0.135 e. The molecule has 0 fully saturated rings. The molecule has 4 heteroatoms. The number of aromatic nitrogens is 2. The first-order valence-corrected chi connectivity index (χ1v) is 16.4. The standard InChI is InChI=1S/C42H24N2OS/c1-5-15-33-26(10-1)29-21-22-35-40(41(29)43(33)25-20-23-38-32(24-25)27-11-3-7-18-37(27)45-38)31-13-2-6-16-34(31)44(35)36-17-9-14-30-28-12-4-8-19-39(28)46-42(30)36/h1-24H. The number of rotatable bonds is 2. The van der Waals surface area contributed by atoms with Crippen LogP contribution in [0.2, 0.25) is 0 Å². The lowest BCUT2D eigenvalue weighted by Crippen LogP contribution is -1.95. The van der Waals surface area contributed by atoms with Crippen LogP contribution in [-0.4, -0.2) is 9.13 Å². The lowest BCUT2D eigenvalue weighted by Gasteiger charge is -2.11. The van der Waals surface area contributed by atoms with Crippen LogP contribution in [-0.2, 0) is 0 Å². The second kappa shape index (κ2) is 8.87. The average molecular weight is 605 g/mol. The van der Waals surface area contributed by atoms with Crippen molar-refractivity contribution in [3.05, 3.63) is 146 Å². The summed E-state index contributed by atoms with van der Waals surface area (Å²) in [7, 11) is 0. The molecule has 0 bridgehead atoms. The molecule has 4 aromatic heterocycles. The highest BCUT2D eigenvalue weighted by Crippen LogP contribution is 2.45. The van der Waals surface area contributed by atoms with Gasteiger partial charge < -0.3 is 13.6 Å². The van der Waals surface area contributed by atoms with E-state index in [1.165, 1.54) is 69.5 Å². The number of fused-ring (bicyclic) bond motifs is 13. The summed E-state index contributed by atoms with van der Waals surface area (Å²) in [4.78, 5) is 0. The minimum atomic E-state index is 0.906. The third-order valence-corrected chi connectivity index (χ3v) is 10.9. The van der Waals surface area contributed by atoms with Gasteiger partial charge >= 0.3 is 0 Å². The molecule has 0 atom stereocenters. The first-order chi connectivity index (χ1) is 22.8. The van der Waals surface area contributed by atoms with Crippen LogP contribution in [0.4, 0.5) is 0 Å². The molecular weight excluding hydrogens is 581 g/mol. The summed E-state index contributed by atoms with van der Waals surface area (Å²) in [5.74, 6) is 0. The van der Waals surface area contributed by atoms with Crippen molar-refractivity contribution in [1.29, 1.82) is 0 Å².